The molecule has 5 N–H and O–H groups in total. The Kier molecular flexibility index (Phi) is 4.22. The highest BCUT2D eigenvalue weighted by Crippen LogP contribution is 2.17. The molecule has 2 rings (SSSR count). The summed E-state index contributed by atoms with van der Waals surface area (Å²) in [6.45, 7) is 1.16. The van der Waals surface area contributed by atoms with Crippen molar-refractivity contribution in [2.24, 2.45) is 16.5 Å². The van der Waals surface area contributed by atoms with Gasteiger partial charge >= 0.3 is 0 Å². The van der Waals surface area contributed by atoms with Gasteiger partial charge in [-0.2, -0.15) is 0 Å². The molecule has 0 amide bonds. The van der Waals surface area contributed by atoms with Gasteiger partial charge in [0.2, 0.25) is 0 Å². The van der Waals surface area contributed by atoms with Crippen molar-refractivity contribution >= 4 is 17.8 Å². The average molecular weight is 266 g/mol. The van der Waals surface area contributed by atoms with Gasteiger partial charge in [-0.15, -0.1) is 0 Å². The quantitative estimate of drug-likeness (QED) is 0.434. The fraction of sp³-hybridized carbons (Fsp3) is 0.250. The first-order valence-electron chi connectivity index (χ1n) is 5.60. The fourth-order valence-electron chi connectivity index (χ4n) is 1.64. The Morgan fingerprint density at radius 1 is 1.50 bits per heavy atom. The summed E-state index contributed by atoms with van der Waals surface area (Å²) in [5.41, 5.74) is 13.4. The lowest BCUT2D eigenvalue weighted by Gasteiger charge is -2.02. The summed E-state index contributed by atoms with van der Waals surface area (Å²) in [5, 5.41) is 0.669. The van der Waals surface area contributed by atoms with Crippen molar-refractivity contribution < 1.29 is 4.39 Å². The third kappa shape index (κ3) is 3.24. The summed E-state index contributed by atoms with van der Waals surface area (Å²) in [6, 6.07) is 6.49. The summed E-state index contributed by atoms with van der Waals surface area (Å²) in [5.74, 6) is 0.231. The van der Waals surface area contributed by atoms with Gasteiger partial charge in [-0.05, 0) is 36.1 Å². The number of hydrogen-bond acceptors (Lipinski definition) is 4. The molecule has 0 aliphatic carbocycles. The summed E-state index contributed by atoms with van der Waals surface area (Å²) < 4.78 is 16.0. The first-order chi connectivity index (χ1) is 8.66. The molecule has 0 bridgehead atoms. The number of halogens is 1. The van der Waals surface area contributed by atoms with Crippen LogP contribution in [-0.2, 0) is 6.42 Å². The number of rotatable bonds is 4. The van der Waals surface area contributed by atoms with Gasteiger partial charge in [0.1, 0.15) is 11.7 Å². The number of nitrogens with two attached hydrogens (primary N) is 2. The van der Waals surface area contributed by atoms with Gasteiger partial charge in [0.05, 0.1) is 5.03 Å². The monoisotopic (exact) mass is 266 g/mol. The number of hydrogen-bond donors (Lipinski definition) is 3. The molecule has 0 aromatic heterocycles. The first kappa shape index (κ1) is 12.9. The number of benzene rings is 1. The van der Waals surface area contributed by atoms with Crippen molar-refractivity contribution in [3.8, 4) is 0 Å². The van der Waals surface area contributed by atoms with Crippen LogP contribution in [0.3, 0.4) is 0 Å². The second-order valence-electron chi connectivity index (χ2n) is 3.91. The van der Waals surface area contributed by atoms with Gasteiger partial charge in [0.15, 0.2) is 0 Å². The van der Waals surface area contributed by atoms with Crippen LogP contribution in [0.4, 0.5) is 4.39 Å². The van der Waals surface area contributed by atoms with E-state index in [9.17, 15) is 4.39 Å². The number of nitrogens with one attached hydrogen (secondary N) is 1. The van der Waals surface area contributed by atoms with Crippen molar-refractivity contribution in [3.63, 3.8) is 0 Å². The molecular weight excluding hydrogens is 251 g/mol. The van der Waals surface area contributed by atoms with Gasteiger partial charge in [0, 0.05) is 18.7 Å². The summed E-state index contributed by atoms with van der Waals surface area (Å²) in [7, 11) is 0. The minimum atomic E-state index is -0.229. The summed E-state index contributed by atoms with van der Waals surface area (Å²) in [6.07, 6.45) is 0.659. The number of aliphatic imine (C=N–C) groups is 1. The molecule has 0 unspecified atom stereocenters. The van der Waals surface area contributed by atoms with Crippen LogP contribution in [0, 0.1) is 5.82 Å². The molecule has 4 nitrogen and oxygen atoms in total. The molecule has 0 radical (unpaired) electrons. The van der Waals surface area contributed by atoms with E-state index in [2.05, 4.69) is 9.71 Å². The maximum atomic E-state index is 13.0. The maximum absolute atomic E-state index is 13.0. The van der Waals surface area contributed by atoms with Gasteiger partial charge < -0.3 is 11.5 Å². The smallest absolute Gasteiger partial charge is 0.125 e. The van der Waals surface area contributed by atoms with Crippen LogP contribution in [0.2, 0.25) is 0 Å². The Morgan fingerprint density at radius 2 is 2.33 bits per heavy atom. The van der Waals surface area contributed by atoms with Gasteiger partial charge in [-0.1, -0.05) is 12.1 Å². The van der Waals surface area contributed by atoms with Crippen molar-refractivity contribution in [1.29, 1.82) is 0 Å². The molecule has 0 fully saturated rings. The molecular formula is C12H15FN4S. The third-order valence-electron chi connectivity index (χ3n) is 2.61. The van der Waals surface area contributed by atoms with E-state index in [4.69, 9.17) is 11.5 Å². The average Bonchev–Trinajstić information content (AvgIpc) is 2.75. The normalized spacial score (nSPS) is 16.4. The predicted octanol–water partition coefficient (Wildman–Crippen LogP) is 1.15. The maximum Gasteiger partial charge on any atom is 0.125 e. The molecule has 1 heterocycles. The lowest BCUT2D eigenvalue weighted by molar-refractivity contribution is 0.625. The van der Waals surface area contributed by atoms with Crippen LogP contribution in [-0.4, -0.2) is 18.9 Å². The molecule has 0 saturated carbocycles. The SMILES string of the molecule is NC(=NCCc1cccc(F)c1)C1=C(N)SNC1. The Hall–Kier alpha value is -1.53. The van der Waals surface area contributed by atoms with E-state index in [0.717, 1.165) is 11.1 Å². The summed E-state index contributed by atoms with van der Waals surface area (Å²) in [4.78, 5) is 4.26. The first-order valence-corrected chi connectivity index (χ1v) is 6.41. The topological polar surface area (TPSA) is 76.4 Å². The van der Waals surface area contributed by atoms with Crippen molar-refractivity contribution in [2.45, 2.75) is 6.42 Å². The minimum absolute atomic E-state index is 0.229. The van der Waals surface area contributed by atoms with Crippen LogP contribution >= 0.6 is 11.9 Å². The van der Waals surface area contributed by atoms with E-state index in [1.54, 1.807) is 6.07 Å². The lowest BCUT2D eigenvalue weighted by atomic mass is 10.1. The number of nitrogens with zero attached hydrogens (tertiary/aromatic N) is 1. The van der Waals surface area contributed by atoms with Crippen molar-refractivity contribution in [3.05, 3.63) is 46.2 Å². The van der Waals surface area contributed by atoms with Gasteiger partial charge in [0.25, 0.3) is 0 Å². The van der Waals surface area contributed by atoms with Crippen LogP contribution < -0.4 is 16.2 Å². The molecule has 1 aromatic carbocycles. The van der Waals surface area contributed by atoms with Crippen LogP contribution in [0.1, 0.15) is 5.56 Å². The molecule has 0 saturated heterocycles. The zero-order valence-electron chi connectivity index (χ0n) is 9.82. The van der Waals surface area contributed by atoms with Gasteiger partial charge in [-0.3, -0.25) is 9.71 Å². The predicted molar refractivity (Wildman–Crippen MR) is 73.4 cm³/mol. The third-order valence-corrected chi connectivity index (χ3v) is 3.36. The lowest BCUT2D eigenvalue weighted by Crippen LogP contribution is -2.20. The Morgan fingerprint density at radius 3 is 3.00 bits per heavy atom. The molecule has 0 atom stereocenters. The van der Waals surface area contributed by atoms with E-state index in [1.807, 2.05) is 6.07 Å². The Labute approximate surface area is 109 Å². The van der Waals surface area contributed by atoms with E-state index in [-0.39, 0.29) is 5.82 Å². The second kappa shape index (κ2) is 5.88. The standard InChI is InChI=1S/C12H15FN4S/c13-9-3-1-2-8(6-9)4-5-16-11(14)10-7-17-18-12(10)15/h1-3,6,17H,4-5,7,15H2,(H2,14,16). The molecule has 96 valence electrons. The van der Waals surface area contributed by atoms with E-state index in [1.165, 1.54) is 24.1 Å². The highest BCUT2D eigenvalue weighted by Gasteiger charge is 2.14. The molecule has 0 spiro atoms. The Bertz CT molecular complexity index is 499. The number of amidine groups is 1. The highest BCUT2D eigenvalue weighted by atomic mass is 32.2. The zero-order chi connectivity index (χ0) is 13.0. The molecule has 18 heavy (non-hydrogen) atoms. The van der Waals surface area contributed by atoms with Crippen LogP contribution in [0.5, 0.6) is 0 Å². The van der Waals surface area contributed by atoms with Gasteiger partial charge in [-0.25, -0.2) is 4.39 Å². The molecule has 6 heteroatoms. The minimum Gasteiger partial charge on any atom is -0.392 e. The Balaban J connectivity index is 1.93. The molecule has 1 aliphatic rings. The highest BCUT2D eigenvalue weighted by molar-refractivity contribution is 8.01. The van der Waals surface area contributed by atoms with Crippen molar-refractivity contribution in [2.75, 3.05) is 13.1 Å². The molecule has 1 aliphatic heterocycles. The largest absolute Gasteiger partial charge is 0.392 e. The van der Waals surface area contributed by atoms with Crippen molar-refractivity contribution in [1.82, 2.24) is 4.72 Å². The summed E-state index contributed by atoms with van der Waals surface area (Å²) >= 11 is 1.36. The van der Waals surface area contributed by atoms with E-state index in [0.29, 0.717) is 30.4 Å². The zero-order valence-corrected chi connectivity index (χ0v) is 10.6. The van der Waals surface area contributed by atoms with Crippen LogP contribution in [0.25, 0.3) is 0 Å². The van der Waals surface area contributed by atoms with Crippen LogP contribution in [0.15, 0.2) is 39.9 Å². The fourth-order valence-corrected chi connectivity index (χ4v) is 2.32. The second-order valence-corrected chi connectivity index (χ2v) is 4.85. The van der Waals surface area contributed by atoms with E-state index >= 15 is 0 Å². The van der Waals surface area contributed by atoms with E-state index < -0.39 is 0 Å². The molecule has 1 aromatic rings.